The van der Waals surface area contributed by atoms with Gasteiger partial charge in [0, 0.05) is 6.54 Å². The topological polar surface area (TPSA) is 54.9 Å². The Hall–Kier alpha value is -1.59. The number of halogens is 1. The van der Waals surface area contributed by atoms with Gasteiger partial charge in [-0.2, -0.15) is 0 Å². The first-order valence-corrected chi connectivity index (χ1v) is 7.60. The smallest absolute Gasteiger partial charge is 0.271 e. The Bertz CT molecular complexity index is 616. The standard InChI is InChI=1S/C14H14ClN3OS/c1-9-3-5-10(6-4-9)7-16-13(19)12-11(15)8-17-14(18-12)20-2/h3-6,8H,7H2,1-2H3,(H,16,19). The molecule has 2 aromatic rings. The first kappa shape index (κ1) is 14.8. The zero-order valence-electron chi connectivity index (χ0n) is 11.2. The lowest BCUT2D eigenvalue weighted by atomic mass is 10.1. The van der Waals surface area contributed by atoms with Gasteiger partial charge in [-0.1, -0.05) is 53.2 Å². The second-order valence-electron chi connectivity index (χ2n) is 4.22. The van der Waals surface area contributed by atoms with Gasteiger partial charge in [-0.05, 0) is 18.7 Å². The lowest BCUT2D eigenvalue weighted by Gasteiger charge is -2.07. The van der Waals surface area contributed by atoms with Gasteiger partial charge in [0.05, 0.1) is 11.2 Å². The van der Waals surface area contributed by atoms with Crippen molar-refractivity contribution in [3.8, 4) is 0 Å². The Morgan fingerprint density at radius 3 is 2.70 bits per heavy atom. The van der Waals surface area contributed by atoms with E-state index in [0.29, 0.717) is 11.7 Å². The van der Waals surface area contributed by atoms with Crippen LogP contribution < -0.4 is 5.32 Å². The number of nitrogens with zero attached hydrogens (tertiary/aromatic N) is 2. The van der Waals surface area contributed by atoms with Crippen molar-refractivity contribution in [3.63, 3.8) is 0 Å². The molecule has 104 valence electrons. The van der Waals surface area contributed by atoms with Crippen molar-refractivity contribution in [2.24, 2.45) is 0 Å². The van der Waals surface area contributed by atoms with Gasteiger partial charge in [0.2, 0.25) is 0 Å². The molecule has 6 heteroatoms. The minimum Gasteiger partial charge on any atom is -0.347 e. The van der Waals surface area contributed by atoms with Crippen LogP contribution in [0.3, 0.4) is 0 Å². The fourth-order valence-electron chi connectivity index (χ4n) is 1.58. The molecule has 0 bridgehead atoms. The number of rotatable bonds is 4. The predicted octanol–water partition coefficient (Wildman–Crippen LogP) is 3.09. The molecule has 20 heavy (non-hydrogen) atoms. The van der Waals surface area contributed by atoms with E-state index in [1.165, 1.54) is 23.5 Å². The average molecular weight is 308 g/mol. The Labute approximate surface area is 127 Å². The molecule has 0 saturated heterocycles. The minimum atomic E-state index is -0.298. The van der Waals surface area contributed by atoms with Gasteiger partial charge < -0.3 is 5.32 Å². The summed E-state index contributed by atoms with van der Waals surface area (Å²) in [6.45, 7) is 2.46. The van der Waals surface area contributed by atoms with Gasteiger partial charge in [-0.3, -0.25) is 4.79 Å². The van der Waals surface area contributed by atoms with Crippen molar-refractivity contribution in [1.82, 2.24) is 15.3 Å². The number of benzene rings is 1. The van der Waals surface area contributed by atoms with Crippen LogP contribution in [0.15, 0.2) is 35.6 Å². The van der Waals surface area contributed by atoms with Crippen LogP contribution in [-0.2, 0) is 6.54 Å². The highest BCUT2D eigenvalue weighted by molar-refractivity contribution is 7.98. The fourth-order valence-corrected chi connectivity index (χ4v) is 2.10. The number of aromatic nitrogens is 2. The summed E-state index contributed by atoms with van der Waals surface area (Å²) in [6, 6.07) is 7.96. The third kappa shape index (κ3) is 3.71. The average Bonchev–Trinajstić information content (AvgIpc) is 2.47. The quantitative estimate of drug-likeness (QED) is 0.696. The lowest BCUT2D eigenvalue weighted by Crippen LogP contribution is -2.24. The summed E-state index contributed by atoms with van der Waals surface area (Å²) in [5, 5.41) is 3.58. The zero-order valence-corrected chi connectivity index (χ0v) is 12.8. The van der Waals surface area contributed by atoms with Crippen molar-refractivity contribution >= 4 is 29.3 Å². The van der Waals surface area contributed by atoms with E-state index in [4.69, 9.17) is 11.6 Å². The molecule has 0 aliphatic heterocycles. The van der Waals surface area contributed by atoms with Gasteiger partial charge in [-0.15, -0.1) is 0 Å². The van der Waals surface area contributed by atoms with E-state index in [9.17, 15) is 4.79 Å². The molecule has 0 aliphatic rings. The van der Waals surface area contributed by atoms with Crippen molar-refractivity contribution < 1.29 is 4.79 Å². The van der Waals surface area contributed by atoms with Crippen LogP contribution in [0.25, 0.3) is 0 Å². The summed E-state index contributed by atoms with van der Waals surface area (Å²) >= 11 is 7.32. The van der Waals surface area contributed by atoms with Crippen LogP contribution >= 0.6 is 23.4 Å². The molecular formula is C14H14ClN3OS. The number of hydrogen-bond acceptors (Lipinski definition) is 4. The van der Waals surface area contributed by atoms with Gasteiger partial charge in [-0.25, -0.2) is 9.97 Å². The van der Waals surface area contributed by atoms with E-state index < -0.39 is 0 Å². The molecule has 1 amide bonds. The highest BCUT2D eigenvalue weighted by atomic mass is 35.5. The molecule has 4 nitrogen and oxygen atoms in total. The van der Waals surface area contributed by atoms with Crippen LogP contribution in [0, 0.1) is 6.92 Å². The first-order chi connectivity index (χ1) is 9.60. The van der Waals surface area contributed by atoms with Crippen LogP contribution in [-0.4, -0.2) is 22.1 Å². The van der Waals surface area contributed by atoms with Crippen LogP contribution in [0.2, 0.25) is 5.02 Å². The molecule has 0 unspecified atom stereocenters. The summed E-state index contributed by atoms with van der Waals surface area (Å²) in [7, 11) is 0. The van der Waals surface area contributed by atoms with E-state index in [1.807, 2.05) is 37.4 Å². The SMILES string of the molecule is CSc1ncc(Cl)c(C(=O)NCc2ccc(C)cc2)n1. The Kier molecular flexibility index (Phi) is 4.98. The molecular weight excluding hydrogens is 294 g/mol. The van der Waals surface area contributed by atoms with Crippen LogP contribution in [0.5, 0.6) is 0 Å². The van der Waals surface area contributed by atoms with Crippen molar-refractivity contribution in [3.05, 3.63) is 52.3 Å². The summed E-state index contributed by atoms with van der Waals surface area (Å²) < 4.78 is 0. The fraction of sp³-hybridized carbons (Fsp3) is 0.214. The number of nitrogens with one attached hydrogen (secondary N) is 1. The molecule has 0 saturated carbocycles. The summed E-state index contributed by atoms with van der Waals surface area (Å²) in [6.07, 6.45) is 3.29. The molecule has 0 spiro atoms. The molecule has 1 aromatic carbocycles. The second-order valence-corrected chi connectivity index (χ2v) is 5.40. The largest absolute Gasteiger partial charge is 0.347 e. The van der Waals surface area contributed by atoms with E-state index >= 15 is 0 Å². The number of amides is 1. The van der Waals surface area contributed by atoms with Crippen molar-refractivity contribution in [2.75, 3.05) is 6.26 Å². The third-order valence-electron chi connectivity index (χ3n) is 2.69. The summed E-state index contributed by atoms with van der Waals surface area (Å²) in [5.74, 6) is -0.298. The summed E-state index contributed by atoms with van der Waals surface area (Å²) in [4.78, 5) is 20.2. The molecule has 1 aromatic heterocycles. The maximum atomic E-state index is 12.1. The predicted molar refractivity (Wildman–Crippen MR) is 81.2 cm³/mol. The molecule has 1 heterocycles. The van der Waals surface area contributed by atoms with Crippen molar-refractivity contribution in [1.29, 1.82) is 0 Å². The van der Waals surface area contributed by atoms with Gasteiger partial charge in [0.25, 0.3) is 5.91 Å². The Balaban J connectivity index is 2.06. The molecule has 0 aliphatic carbocycles. The van der Waals surface area contributed by atoms with Crippen LogP contribution in [0.4, 0.5) is 0 Å². The van der Waals surface area contributed by atoms with Gasteiger partial charge in [0.15, 0.2) is 10.9 Å². The maximum Gasteiger partial charge on any atom is 0.271 e. The number of carbonyl (C=O) groups excluding carboxylic acids is 1. The third-order valence-corrected chi connectivity index (χ3v) is 3.53. The van der Waals surface area contributed by atoms with E-state index in [1.54, 1.807) is 0 Å². The molecule has 0 radical (unpaired) electrons. The highest BCUT2D eigenvalue weighted by Crippen LogP contribution is 2.16. The minimum absolute atomic E-state index is 0.207. The van der Waals surface area contributed by atoms with E-state index in [0.717, 1.165) is 5.56 Å². The first-order valence-electron chi connectivity index (χ1n) is 6.00. The van der Waals surface area contributed by atoms with Crippen LogP contribution in [0.1, 0.15) is 21.6 Å². The van der Waals surface area contributed by atoms with Crippen molar-refractivity contribution in [2.45, 2.75) is 18.6 Å². The molecule has 0 fully saturated rings. The Morgan fingerprint density at radius 1 is 1.35 bits per heavy atom. The van der Waals surface area contributed by atoms with Gasteiger partial charge in [0.1, 0.15) is 0 Å². The number of hydrogen-bond donors (Lipinski definition) is 1. The lowest BCUT2D eigenvalue weighted by molar-refractivity contribution is 0.0945. The second kappa shape index (κ2) is 6.72. The van der Waals surface area contributed by atoms with E-state index in [-0.39, 0.29) is 16.6 Å². The molecule has 0 atom stereocenters. The number of thioether (sulfide) groups is 1. The highest BCUT2D eigenvalue weighted by Gasteiger charge is 2.13. The van der Waals surface area contributed by atoms with E-state index in [2.05, 4.69) is 15.3 Å². The van der Waals surface area contributed by atoms with Gasteiger partial charge >= 0.3 is 0 Å². The summed E-state index contributed by atoms with van der Waals surface area (Å²) in [5.41, 5.74) is 2.42. The number of carbonyl (C=O) groups is 1. The Morgan fingerprint density at radius 2 is 2.05 bits per heavy atom. The normalized spacial score (nSPS) is 10.3. The number of aryl methyl sites for hydroxylation is 1. The monoisotopic (exact) mass is 307 g/mol. The molecule has 2 rings (SSSR count). The maximum absolute atomic E-state index is 12.1. The molecule has 1 N–H and O–H groups in total. The zero-order chi connectivity index (χ0) is 14.5.